The van der Waals surface area contributed by atoms with Crippen molar-refractivity contribution < 1.29 is 4.79 Å². The van der Waals surface area contributed by atoms with Gasteiger partial charge in [-0.2, -0.15) is 0 Å². The van der Waals surface area contributed by atoms with E-state index in [1.54, 1.807) is 47.1 Å². The molecule has 0 bridgehead atoms. The zero-order valence-electron chi connectivity index (χ0n) is 18.0. The Morgan fingerprint density at radius 2 is 2.03 bits per heavy atom. The number of carbonyl (C=O) groups excluding carboxylic acids is 1. The van der Waals surface area contributed by atoms with Crippen LogP contribution in [-0.4, -0.2) is 36.5 Å². The highest BCUT2D eigenvalue weighted by Gasteiger charge is 2.18. The van der Waals surface area contributed by atoms with Gasteiger partial charge in [-0.25, -0.2) is 9.97 Å². The fraction of sp³-hybridized carbons (Fsp3) is 0.250. The molecule has 0 aliphatic carbocycles. The Balaban J connectivity index is 1.67. The lowest BCUT2D eigenvalue weighted by atomic mass is 10.1. The van der Waals surface area contributed by atoms with Crippen molar-refractivity contribution in [3.63, 3.8) is 0 Å². The van der Waals surface area contributed by atoms with Gasteiger partial charge in [-0.1, -0.05) is 23.7 Å². The molecule has 0 fully saturated rings. The van der Waals surface area contributed by atoms with Crippen LogP contribution in [0.4, 0.5) is 0 Å². The van der Waals surface area contributed by atoms with Crippen molar-refractivity contribution in [3.8, 4) is 0 Å². The number of hydrogen-bond donors (Lipinski definition) is 0. The van der Waals surface area contributed by atoms with Crippen molar-refractivity contribution in [2.24, 2.45) is 0 Å². The first-order valence-electron chi connectivity index (χ1n) is 10.5. The molecule has 0 saturated carbocycles. The predicted octanol–water partition coefficient (Wildman–Crippen LogP) is 3.92. The maximum absolute atomic E-state index is 13.5. The first-order valence-corrected chi connectivity index (χ1v) is 10.8. The molecule has 4 rings (SSSR count). The highest BCUT2D eigenvalue weighted by atomic mass is 35.5. The van der Waals surface area contributed by atoms with Crippen LogP contribution in [0.2, 0.25) is 5.02 Å². The van der Waals surface area contributed by atoms with Gasteiger partial charge in [0, 0.05) is 49.2 Å². The zero-order chi connectivity index (χ0) is 22.7. The number of aromatic nitrogens is 4. The summed E-state index contributed by atoms with van der Waals surface area (Å²) in [6.45, 7) is 5.69. The summed E-state index contributed by atoms with van der Waals surface area (Å²) >= 11 is 6.15. The minimum absolute atomic E-state index is 0.109. The second-order valence-electron chi connectivity index (χ2n) is 7.61. The minimum Gasteiger partial charge on any atom is -0.336 e. The van der Waals surface area contributed by atoms with Crippen LogP contribution in [0.15, 0.2) is 66.0 Å². The molecule has 0 spiro atoms. The van der Waals surface area contributed by atoms with Crippen LogP contribution < -0.4 is 5.56 Å². The smallest absolute Gasteiger partial charge is 0.272 e. The van der Waals surface area contributed by atoms with Crippen LogP contribution in [0.25, 0.3) is 11.0 Å². The molecule has 7 nitrogen and oxygen atoms in total. The molecule has 0 N–H and O–H groups in total. The van der Waals surface area contributed by atoms with E-state index in [9.17, 15) is 9.59 Å². The van der Waals surface area contributed by atoms with Crippen LogP contribution in [0.3, 0.4) is 0 Å². The van der Waals surface area contributed by atoms with Crippen LogP contribution in [0, 0.1) is 6.92 Å². The fourth-order valence-corrected chi connectivity index (χ4v) is 3.98. The van der Waals surface area contributed by atoms with Crippen LogP contribution in [-0.2, 0) is 19.6 Å². The summed E-state index contributed by atoms with van der Waals surface area (Å²) < 4.78 is 3.61. The topological polar surface area (TPSA) is 73.0 Å². The van der Waals surface area contributed by atoms with Crippen LogP contribution >= 0.6 is 11.6 Å². The predicted molar refractivity (Wildman–Crippen MR) is 125 cm³/mol. The summed E-state index contributed by atoms with van der Waals surface area (Å²) in [5.41, 5.74) is 3.14. The molecule has 2 heterocycles. The van der Waals surface area contributed by atoms with Gasteiger partial charge in [-0.15, -0.1) is 0 Å². The van der Waals surface area contributed by atoms with Crippen molar-refractivity contribution in [2.75, 3.05) is 6.54 Å². The van der Waals surface area contributed by atoms with Crippen molar-refractivity contribution in [2.45, 2.75) is 33.5 Å². The number of fused-ring (bicyclic) bond motifs is 1. The minimum atomic E-state index is -0.110. The van der Waals surface area contributed by atoms with E-state index in [-0.39, 0.29) is 11.5 Å². The van der Waals surface area contributed by atoms with Crippen LogP contribution in [0.5, 0.6) is 0 Å². The number of rotatable bonds is 7. The molecule has 0 atom stereocenters. The molecule has 164 valence electrons. The lowest BCUT2D eigenvalue weighted by Crippen LogP contribution is -2.33. The van der Waals surface area contributed by atoms with Gasteiger partial charge < -0.3 is 14.0 Å². The number of halogens is 1. The molecule has 4 aromatic rings. The molecule has 0 aliphatic rings. The van der Waals surface area contributed by atoms with E-state index in [1.165, 1.54) is 0 Å². The third-order valence-electron chi connectivity index (χ3n) is 5.41. The molecule has 0 saturated heterocycles. The molecule has 0 radical (unpaired) electrons. The molecule has 8 heteroatoms. The molecule has 0 unspecified atom stereocenters. The Bertz CT molecular complexity index is 1310. The SMILES string of the molecule is CCn1c(=O)c(C)nc2cc(C(=O)N(CCn3ccnc3)Cc3cccc(Cl)c3)ccc21. The van der Waals surface area contributed by atoms with Crippen molar-refractivity contribution in [1.29, 1.82) is 0 Å². The van der Waals surface area contributed by atoms with E-state index in [1.807, 2.05) is 42.0 Å². The lowest BCUT2D eigenvalue weighted by molar-refractivity contribution is 0.0737. The van der Waals surface area contributed by atoms with Crippen molar-refractivity contribution in [1.82, 2.24) is 24.0 Å². The second kappa shape index (κ2) is 9.36. The molecular weight excluding hydrogens is 426 g/mol. The summed E-state index contributed by atoms with van der Waals surface area (Å²) in [5.74, 6) is -0.110. The summed E-state index contributed by atoms with van der Waals surface area (Å²) in [6.07, 6.45) is 5.32. The maximum Gasteiger partial charge on any atom is 0.272 e. The maximum atomic E-state index is 13.5. The third-order valence-corrected chi connectivity index (χ3v) is 5.64. The second-order valence-corrected chi connectivity index (χ2v) is 8.04. The van der Waals surface area contributed by atoms with E-state index in [0.29, 0.717) is 48.0 Å². The quantitative estimate of drug-likeness (QED) is 0.428. The van der Waals surface area contributed by atoms with Gasteiger partial charge in [0.15, 0.2) is 0 Å². The number of imidazole rings is 1. The average molecular weight is 450 g/mol. The lowest BCUT2D eigenvalue weighted by Gasteiger charge is -2.23. The van der Waals surface area contributed by atoms with Crippen molar-refractivity contribution >= 4 is 28.5 Å². The normalized spacial score (nSPS) is 11.1. The monoisotopic (exact) mass is 449 g/mol. The number of benzene rings is 2. The van der Waals surface area contributed by atoms with E-state index in [4.69, 9.17) is 11.6 Å². The standard InChI is InChI=1S/C24H24ClN5O2/c1-3-30-22-8-7-19(14-21(22)27-17(2)23(30)31)24(32)29(12-11-28-10-9-26-16-28)15-18-5-4-6-20(25)13-18/h4-10,13-14,16H,3,11-12,15H2,1-2H3. The Labute approximate surface area is 190 Å². The highest BCUT2D eigenvalue weighted by Crippen LogP contribution is 2.18. The summed E-state index contributed by atoms with van der Waals surface area (Å²) in [7, 11) is 0. The largest absolute Gasteiger partial charge is 0.336 e. The number of carbonyl (C=O) groups is 1. The van der Waals surface area contributed by atoms with E-state index in [2.05, 4.69) is 9.97 Å². The van der Waals surface area contributed by atoms with Gasteiger partial charge >= 0.3 is 0 Å². The van der Waals surface area contributed by atoms with Gasteiger partial charge in [0.1, 0.15) is 5.69 Å². The summed E-state index contributed by atoms with van der Waals surface area (Å²) in [5, 5.41) is 0.632. The van der Waals surface area contributed by atoms with Gasteiger partial charge in [0.25, 0.3) is 11.5 Å². The van der Waals surface area contributed by atoms with Gasteiger partial charge in [-0.05, 0) is 49.7 Å². The number of aryl methyl sites for hydroxylation is 2. The van der Waals surface area contributed by atoms with E-state index < -0.39 is 0 Å². The van der Waals surface area contributed by atoms with Crippen LogP contribution in [0.1, 0.15) is 28.5 Å². The molecular formula is C24H24ClN5O2. The number of hydrogen-bond acceptors (Lipinski definition) is 4. The van der Waals surface area contributed by atoms with Gasteiger partial charge in [-0.3, -0.25) is 9.59 Å². The molecule has 2 aromatic carbocycles. The average Bonchev–Trinajstić information content (AvgIpc) is 3.30. The third kappa shape index (κ3) is 4.57. The summed E-state index contributed by atoms with van der Waals surface area (Å²) in [4.78, 5) is 36.2. The van der Waals surface area contributed by atoms with E-state index in [0.717, 1.165) is 11.1 Å². The Hall–Kier alpha value is -3.45. The number of amides is 1. The first kappa shape index (κ1) is 21.8. The molecule has 0 aliphatic heterocycles. The Morgan fingerprint density at radius 1 is 1.19 bits per heavy atom. The first-order chi connectivity index (χ1) is 15.5. The molecule has 2 aromatic heterocycles. The molecule has 32 heavy (non-hydrogen) atoms. The van der Waals surface area contributed by atoms with Gasteiger partial charge in [0.2, 0.25) is 0 Å². The summed E-state index contributed by atoms with van der Waals surface area (Å²) in [6, 6.07) is 12.8. The zero-order valence-corrected chi connectivity index (χ0v) is 18.8. The van der Waals surface area contributed by atoms with E-state index >= 15 is 0 Å². The highest BCUT2D eigenvalue weighted by molar-refractivity contribution is 6.30. The van der Waals surface area contributed by atoms with Crippen molar-refractivity contribution in [3.05, 3.63) is 93.4 Å². The fourth-order valence-electron chi connectivity index (χ4n) is 3.77. The number of nitrogens with zero attached hydrogens (tertiary/aromatic N) is 5. The Morgan fingerprint density at radius 3 is 2.75 bits per heavy atom. The Kier molecular flexibility index (Phi) is 6.37. The van der Waals surface area contributed by atoms with Gasteiger partial charge in [0.05, 0.1) is 17.4 Å². The molecule has 1 amide bonds.